The molecule has 1 fully saturated rings. The monoisotopic (exact) mass is 300 g/mol. The average molecular weight is 300 g/mol. The molecular formula is C16H32N2O3. The number of carbonyl (C=O) groups excluding carboxylic acids is 1. The van der Waals surface area contributed by atoms with E-state index < -0.39 is 5.54 Å². The Balaban J connectivity index is 2.48. The molecule has 1 rings (SSSR count). The molecule has 0 radical (unpaired) electrons. The van der Waals surface area contributed by atoms with Crippen LogP contribution in [0.15, 0.2) is 0 Å². The van der Waals surface area contributed by atoms with E-state index in [4.69, 9.17) is 9.47 Å². The van der Waals surface area contributed by atoms with Crippen molar-refractivity contribution in [3.05, 3.63) is 0 Å². The minimum atomic E-state index is -0.586. The molecule has 5 heteroatoms. The Bertz CT molecular complexity index is 346. The highest BCUT2D eigenvalue weighted by Gasteiger charge is 2.34. The van der Waals surface area contributed by atoms with Gasteiger partial charge >= 0.3 is 5.97 Å². The van der Waals surface area contributed by atoms with Gasteiger partial charge in [-0.05, 0) is 53.6 Å². The first kappa shape index (κ1) is 18.4. The van der Waals surface area contributed by atoms with Crippen LogP contribution in [0.25, 0.3) is 0 Å². The highest BCUT2D eigenvalue weighted by molar-refractivity contribution is 5.80. The smallest absolute Gasteiger partial charge is 0.325 e. The van der Waals surface area contributed by atoms with Crippen molar-refractivity contribution in [1.82, 2.24) is 10.2 Å². The van der Waals surface area contributed by atoms with E-state index in [9.17, 15) is 4.79 Å². The maximum absolute atomic E-state index is 11.9. The number of rotatable bonds is 7. The molecule has 21 heavy (non-hydrogen) atoms. The number of carbonyl (C=O) groups is 1. The van der Waals surface area contributed by atoms with Crippen LogP contribution in [0.2, 0.25) is 0 Å². The van der Waals surface area contributed by atoms with Crippen LogP contribution >= 0.6 is 0 Å². The van der Waals surface area contributed by atoms with Crippen molar-refractivity contribution in [3.8, 4) is 0 Å². The predicted octanol–water partition coefficient (Wildman–Crippen LogP) is 1.81. The summed E-state index contributed by atoms with van der Waals surface area (Å²) in [6.45, 7) is 13.9. The van der Waals surface area contributed by atoms with Crippen molar-refractivity contribution in [2.75, 3.05) is 33.3 Å². The van der Waals surface area contributed by atoms with Crippen LogP contribution in [0, 0.1) is 0 Å². The molecule has 124 valence electrons. The highest BCUT2D eigenvalue weighted by Crippen LogP contribution is 2.22. The Kier molecular flexibility index (Phi) is 6.63. The quantitative estimate of drug-likeness (QED) is 0.727. The largest absolute Gasteiger partial charge is 0.468 e. The lowest BCUT2D eigenvalue weighted by Crippen LogP contribution is -2.53. The average Bonchev–Trinajstić information content (AvgIpc) is 2.35. The second kappa shape index (κ2) is 7.56. The van der Waals surface area contributed by atoms with Crippen molar-refractivity contribution in [3.63, 3.8) is 0 Å². The van der Waals surface area contributed by atoms with Gasteiger partial charge in [0.2, 0.25) is 0 Å². The number of nitrogens with one attached hydrogen (secondary N) is 1. The topological polar surface area (TPSA) is 50.8 Å². The lowest BCUT2D eigenvalue weighted by atomic mass is 9.95. The Morgan fingerprint density at radius 2 is 2.19 bits per heavy atom. The Hall–Kier alpha value is -0.650. The fraction of sp³-hybridized carbons (Fsp3) is 0.938. The number of esters is 1. The van der Waals surface area contributed by atoms with Crippen molar-refractivity contribution in [1.29, 1.82) is 0 Å². The summed E-state index contributed by atoms with van der Waals surface area (Å²) < 4.78 is 10.8. The first-order chi connectivity index (χ1) is 9.72. The number of hydrogen-bond donors (Lipinski definition) is 1. The van der Waals surface area contributed by atoms with Crippen molar-refractivity contribution in [2.24, 2.45) is 0 Å². The van der Waals surface area contributed by atoms with Gasteiger partial charge in [-0.15, -0.1) is 0 Å². The summed E-state index contributed by atoms with van der Waals surface area (Å²) in [5.74, 6) is -0.181. The summed E-state index contributed by atoms with van der Waals surface area (Å²) in [7, 11) is 1.45. The zero-order chi connectivity index (χ0) is 16.1. The molecule has 0 bridgehead atoms. The zero-order valence-electron chi connectivity index (χ0n) is 14.5. The third-order valence-corrected chi connectivity index (χ3v) is 3.99. The van der Waals surface area contributed by atoms with Gasteiger partial charge in [-0.1, -0.05) is 6.92 Å². The molecule has 0 spiro atoms. The number of likely N-dealkylation sites (N-methyl/N-ethyl adjacent to an activating group) is 1. The fourth-order valence-corrected chi connectivity index (χ4v) is 3.29. The normalized spacial score (nSPS) is 25.3. The van der Waals surface area contributed by atoms with Crippen LogP contribution in [0.1, 0.15) is 47.5 Å². The summed E-state index contributed by atoms with van der Waals surface area (Å²) in [5, 5.41) is 3.25. The molecule has 0 saturated carbocycles. The lowest BCUT2D eigenvalue weighted by Gasteiger charge is -2.42. The standard InChI is InChI=1S/C16H32N2O3/c1-7-17-16(5,14(19)20-6)9-8-10-18-11-13(2)21-15(3,4)12-18/h13,17H,7-12H2,1-6H3. The van der Waals surface area contributed by atoms with Crippen LogP contribution in [0.4, 0.5) is 0 Å². The van der Waals surface area contributed by atoms with Crippen LogP contribution in [0.5, 0.6) is 0 Å². The van der Waals surface area contributed by atoms with Gasteiger partial charge in [-0.2, -0.15) is 0 Å². The minimum absolute atomic E-state index is 0.0923. The molecular weight excluding hydrogens is 268 g/mol. The molecule has 0 amide bonds. The summed E-state index contributed by atoms with van der Waals surface area (Å²) in [6.07, 6.45) is 2.00. The molecule has 0 aromatic rings. The third-order valence-electron chi connectivity index (χ3n) is 3.99. The summed E-state index contributed by atoms with van der Waals surface area (Å²) in [4.78, 5) is 14.4. The maximum atomic E-state index is 11.9. The van der Waals surface area contributed by atoms with Crippen LogP contribution < -0.4 is 5.32 Å². The first-order valence-corrected chi connectivity index (χ1v) is 7.96. The van der Waals surface area contributed by atoms with Crippen LogP contribution in [0.3, 0.4) is 0 Å². The molecule has 5 nitrogen and oxygen atoms in total. The summed E-state index contributed by atoms with van der Waals surface area (Å²) in [5.41, 5.74) is -0.679. The second-order valence-electron chi connectivity index (χ2n) is 6.88. The van der Waals surface area contributed by atoms with Crippen LogP contribution in [-0.4, -0.2) is 61.4 Å². The number of methoxy groups -OCH3 is 1. The molecule has 2 unspecified atom stereocenters. The van der Waals surface area contributed by atoms with E-state index in [2.05, 4.69) is 31.0 Å². The predicted molar refractivity (Wildman–Crippen MR) is 84.4 cm³/mol. The minimum Gasteiger partial charge on any atom is -0.468 e. The van der Waals surface area contributed by atoms with E-state index in [1.807, 2.05) is 13.8 Å². The van der Waals surface area contributed by atoms with E-state index >= 15 is 0 Å². The molecule has 0 aliphatic carbocycles. The lowest BCUT2D eigenvalue weighted by molar-refractivity contribution is -0.148. The second-order valence-corrected chi connectivity index (χ2v) is 6.88. The van der Waals surface area contributed by atoms with E-state index in [1.165, 1.54) is 7.11 Å². The van der Waals surface area contributed by atoms with Gasteiger partial charge < -0.3 is 14.8 Å². The molecule has 1 saturated heterocycles. The molecule has 2 atom stereocenters. The van der Waals surface area contributed by atoms with Gasteiger partial charge in [-0.3, -0.25) is 9.69 Å². The molecule has 1 N–H and O–H groups in total. The van der Waals surface area contributed by atoms with Gasteiger partial charge in [-0.25, -0.2) is 0 Å². The van der Waals surface area contributed by atoms with Crippen molar-refractivity contribution < 1.29 is 14.3 Å². The van der Waals surface area contributed by atoms with E-state index in [-0.39, 0.29) is 17.7 Å². The zero-order valence-corrected chi connectivity index (χ0v) is 14.5. The third kappa shape index (κ3) is 5.57. The van der Waals surface area contributed by atoms with Crippen molar-refractivity contribution >= 4 is 5.97 Å². The molecule has 0 aromatic carbocycles. The van der Waals surface area contributed by atoms with Crippen LogP contribution in [-0.2, 0) is 14.3 Å². The van der Waals surface area contributed by atoms with E-state index in [1.54, 1.807) is 0 Å². The van der Waals surface area contributed by atoms with Gasteiger partial charge in [0.05, 0.1) is 18.8 Å². The van der Waals surface area contributed by atoms with E-state index in [0.717, 1.165) is 39.0 Å². The summed E-state index contributed by atoms with van der Waals surface area (Å²) >= 11 is 0. The fourth-order valence-electron chi connectivity index (χ4n) is 3.29. The molecule has 1 aliphatic rings. The highest BCUT2D eigenvalue weighted by atomic mass is 16.5. The SMILES string of the molecule is CCNC(C)(CCCN1CC(C)OC(C)(C)C1)C(=O)OC. The Morgan fingerprint density at radius 1 is 1.52 bits per heavy atom. The van der Waals surface area contributed by atoms with Crippen molar-refractivity contribution in [2.45, 2.75) is 64.7 Å². The Labute approximate surface area is 129 Å². The Morgan fingerprint density at radius 3 is 2.71 bits per heavy atom. The van der Waals surface area contributed by atoms with Gasteiger partial charge in [0.25, 0.3) is 0 Å². The maximum Gasteiger partial charge on any atom is 0.325 e. The molecule has 0 aromatic heterocycles. The number of ether oxygens (including phenoxy) is 2. The van der Waals surface area contributed by atoms with Gasteiger partial charge in [0.1, 0.15) is 5.54 Å². The van der Waals surface area contributed by atoms with E-state index in [0.29, 0.717) is 0 Å². The number of morpholine rings is 1. The van der Waals surface area contributed by atoms with Gasteiger partial charge in [0, 0.05) is 13.1 Å². The number of nitrogens with zero attached hydrogens (tertiary/aromatic N) is 1. The molecule has 1 heterocycles. The summed E-state index contributed by atoms with van der Waals surface area (Å²) in [6, 6.07) is 0. The van der Waals surface area contributed by atoms with Gasteiger partial charge in [0.15, 0.2) is 0 Å². The number of hydrogen-bond acceptors (Lipinski definition) is 5. The molecule has 1 aliphatic heterocycles. The first-order valence-electron chi connectivity index (χ1n) is 7.96.